The van der Waals surface area contributed by atoms with E-state index in [-0.39, 0.29) is 0 Å². The van der Waals surface area contributed by atoms with Crippen LogP contribution in [0.2, 0.25) is 6.04 Å². The van der Waals surface area contributed by atoms with Crippen LogP contribution < -0.4 is 0 Å². The van der Waals surface area contributed by atoms with Gasteiger partial charge < -0.3 is 13.3 Å². The molecule has 0 aromatic heterocycles. The highest BCUT2D eigenvalue weighted by atomic mass is 28.4. The fourth-order valence-corrected chi connectivity index (χ4v) is 8.24. The highest BCUT2D eigenvalue weighted by Crippen LogP contribution is 2.34. The van der Waals surface area contributed by atoms with E-state index in [1.807, 2.05) is 0 Å². The zero-order valence-corrected chi connectivity index (χ0v) is 17.5. The summed E-state index contributed by atoms with van der Waals surface area (Å²) in [5, 5.41) is 0. The zero-order chi connectivity index (χ0) is 17.4. The molecule has 3 fully saturated rings. The molecule has 0 N–H and O–H groups in total. The molecule has 0 aromatic rings. The van der Waals surface area contributed by atoms with Crippen LogP contribution in [0.4, 0.5) is 0 Å². The first-order chi connectivity index (χ1) is 12.3. The Hall–Kier alpha value is 0.0969. The minimum Gasteiger partial charge on any atom is -0.370 e. The smallest absolute Gasteiger partial charge is 0.370 e. The van der Waals surface area contributed by atoms with Gasteiger partial charge in [0, 0.05) is 24.4 Å². The third kappa shape index (κ3) is 6.33. The summed E-state index contributed by atoms with van der Waals surface area (Å²) in [6, 6.07) is 1.01. The molecule has 0 atom stereocenters. The van der Waals surface area contributed by atoms with Gasteiger partial charge >= 0.3 is 8.80 Å². The summed E-state index contributed by atoms with van der Waals surface area (Å²) in [7, 11) is -2.56. The van der Waals surface area contributed by atoms with Gasteiger partial charge in [0.15, 0.2) is 0 Å². The monoisotopic (exact) mass is 368 g/mol. The average Bonchev–Trinajstić information content (AvgIpc) is 2.64. The van der Waals surface area contributed by atoms with Crippen molar-refractivity contribution in [2.24, 2.45) is 0 Å². The Labute approximate surface area is 156 Å². The molecule has 146 valence electrons. The van der Waals surface area contributed by atoms with E-state index < -0.39 is 8.80 Å². The Morgan fingerprint density at radius 3 is 1.16 bits per heavy atom. The molecular weight excluding hydrogens is 328 g/mol. The van der Waals surface area contributed by atoms with Crippen molar-refractivity contribution in [1.82, 2.24) is 0 Å². The lowest BCUT2D eigenvalue weighted by molar-refractivity contribution is -0.0408. The largest absolute Gasteiger partial charge is 0.501 e. The van der Waals surface area contributed by atoms with E-state index in [4.69, 9.17) is 13.3 Å². The van der Waals surface area contributed by atoms with Crippen molar-refractivity contribution in [3.05, 3.63) is 0 Å². The minimum absolute atomic E-state index is 0.388. The Balaban J connectivity index is 1.69. The SMILES string of the molecule is CCC[Si](OC1CCCCC1)(OC1CCCCC1)OC1CCCCC1. The lowest BCUT2D eigenvalue weighted by atomic mass is 9.98. The standard InChI is InChI=1S/C21H40O3Si/c1-2-18-25(22-19-12-6-3-7-13-19,23-20-14-8-4-9-15-20)24-21-16-10-5-11-17-21/h19-21H,2-18H2,1H3. The summed E-state index contributed by atoms with van der Waals surface area (Å²) in [6.45, 7) is 2.26. The maximum absolute atomic E-state index is 6.82. The van der Waals surface area contributed by atoms with Gasteiger partial charge in [-0.3, -0.25) is 0 Å². The Morgan fingerprint density at radius 1 is 0.560 bits per heavy atom. The molecule has 0 heterocycles. The number of hydrogen-bond donors (Lipinski definition) is 0. The Bertz CT molecular complexity index is 308. The third-order valence-corrected chi connectivity index (χ3v) is 9.44. The van der Waals surface area contributed by atoms with Crippen molar-refractivity contribution in [3.8, 4) is 0 Å². The fourth-order valence-electron chi connectivity index (χ4n) is 4.88. The molecule has 25 heavy (non-hydrogen) atoms. The van der Waals surface area contributed by atoms with Gasteiger partial charge in [-0.05, 0) is 38.5 Å². The van der Waals surface area contributed by atoms with Crippen LogP contribution >= 0.6 is 0 Å². The van der Waals surface area contributed by atoms with E-state index in [0.29, 0.717) is 18.3 Å². The van der Waals surface area contributed by atoms with Crippen LogP contribution in [0.25, 0.3) is 0 Å². The first-order valence-electron chi connectivity index (χ1n) is 11.3. The van der Waals surface area contributed by atoms with Crippen molar-refractivity contribution < 1.29 is 13.3 Å². The maximum atomic E-state index is 6.82. The first kappa shape index (κ1) is 19.8. The van der Waals surface area contributed by atoms with Gasteiger partial charge in [-0.2, -0.15) is 0 Å². The van der Waals surface area contributed by atoms with Crippen molar-refractivity contribution >= 4 is 8.80 Å². The highest BCUT2D eigenvalue weighted by Gasteiger charge is 2.46. The normalized spacial score (nSPS) is 25.3. The molecule has 0 aromatic carbocycles. The Morgan fingerprint density at radius 2 is 0.880 bits per heavy atom. The first-order valence-corrected chi connectivity index (χ1v) is 13.3. The molecule has 0 bridgehead atoms. The second kappa shape index (κ2) is 10.4. The molecule has 0 spiro atoms. The van der Waals surface area contributed by atoms with Crippen LogP contribution in [0.5, 0.6) is 0 Å². The molecule has 3 rings (SSSR count). The molecular formula is C21H40O3Si. The molecule has 0 saturated heterocycles. The topological polar surface area (TPSA) is 27.7 Å². The van der Waals surface area contributed by atoms with E-state index in [9.17, 15) is 0 Å². The van der Waals surface area contributed by atoms with Gasteiger partial charge in [0.2, 0.25) is 0 Å². The second-order valence-corrected chi connectivity index (χ2v) is 11.1. The van der Waals surface area contributed by atoms with Crippen LogP contribution in [0.3, 0.4) is 0 Å². The molecule has 3 aliphatic rings. The predicted octanol–water partition coefficient (Wildman–Crippen LogP) is 6.38. The molecule has 4 heteroatoms. The summed E-state index contributed by atoms with van der Waals surface area (Å²) >= 11 is 0. The van der Waals surface area contributed by atoms with Gasteiger partial charge in [0.1, 0.15) is 0 Å². The van der Waals surface area contributed by atoms with Crippen LogP contribution in [-0.4, -0.2) is 27.1 Å². The summed E-state index contributed by atoms with van der Waals surface area (Å²) < 4.78 is 20.5. The highest BCUT2D eigenvalue weighted by molar-refractivity contribution is 6.60. The minimum atomic E-state index is -2.56. The van der Waals surface area contributed by atoms with E-state index in [1.165, 1.54) is 96.3 Å². The van der Waals surface area contributed by atoms with E-state index in [0.717, 1.165) is 12.5 Å². The molecule has 0 aliphatic heterocycles. The average molecular weight is 369 g/mol. The van der Waals surface area contributed by atoms with Crippen molar-refractivity contribution in [2.45, 2.75) is 134 Å². The maximum Gasteiger partial charge on any atom is 0.501 e. The predicted molar refractivity (Wildman–Crippen MR) is 105 cm³/mol. The van der Waals surface area contributed by atoms with Crippen molar-refractivity contribution in [1.29, 1.82) is 0 Å². The van der Waals surface area contributed by atoms with Crippen LogP contribution in [0.1, 0.15) is 110 Å². The van der Waals surface area contributed by atoms with Gasteiger partial charge in [-0.1, -0.05) is 71.1 Å². The summed E-state index contributed by atoms with van der Waals surface area (Å²) in [5.74, 6) is 0. The molecule has 3 saturated carbocycles. The third-order valence-electron chi connectivity index (χ3n) is 6.25. The van der Waals surface area contributed by atoms with Crippen molar-refractivity contribution in [2.75, 3.05) is 0 Å². The molecule has 3 aliphatic carbocycles. The van der Waals surface area contributed by atoms with Gasteiger partial charge in [-0.25, -0.2) is 0 Å². The zero-order valence-electron chi connectivity index (χ0n) is 16.5. The molecule has 3 nitrogen and oxygen atoms in total. The van der Waals surface area contributed by atoms with Crippen molar-refractivity contribution in [3.63, 3.8) is 0 Å². The molecule has 0 radical (unpaired) electrons. The van der Waals surface area contributed by atoms with Gasteiger partial charge in [0.05, 0.1) is 0 Å². The quantitative estimate of drug-likeness (QED) is 0.465. The summed E-state index contributed by atoms with van der Waals surface area (Å²) in [5.41, 5.74) is 0. The Kier molecular flexibility index (Phi) is 8.29. The van der Waals surface area contributed by atoms with Crippen LogP contribution in [-0.2, 0) is 13.3 Å². The van der Waals surface area contributed by atoms with E-state index >= 15 is 0 Å². The van der Waals surface area contributed by atoms with E-state index in [2.05, 4.69) is 6.92 Å². The van der Waals surface area contributed by atoms with Gasteiger partial charge in [0.25, 0.3) is 0 Å². The summed E-state index contributed by atoms with van der Waals surface area (Å²) in [6.07, 6.45) is 21.5. The van der Waals surface area contributed by atoms with Gasteiger partial charge in [-0.15, -0.1) is 0 Å². The second-order valence-electron chi connectivity index (χ2n) is 8.57. The molecule has 0 amide bonds. The van der Waals surface area contributed by atoms with Crippen LogP contribution in [0.15, 0.2) is 0 Å². The number of hydrogen-bond acceptors (Lipinski definition) is 3. The number of rotatable bonds is 8. The van der Waals surface area contributed by atoms with E-state index in [1.54, 1.807) is 0 Å². The fraction of sp³-hybridized carbons (Fsp3) is 1.00. The lowest BCUT2D eigenvalue weighted by Crippen LogP contribution is -2.53. The lowest BCUT2D eigenvalue weighted by Gasteiger charge is -2.40. The van der Waals surface area contributed by atoms with Crippen LogP contribution in [0, 0.1) is 0 Å². The molecule has 0 unspecified atom stereocenters. The summed E-state index contributed by atoms with van der Waals surface area (Å²) in [4.78, 5) is 0.